The number of hydrogen-bond donors (Lipinski definition) is 2. The van der Waals surface area contributed by atoms with Gasteiger partial charge in [-0.2, -0.15) is 0 Å². The van der Waals surface area contributed by atoms with Crippen LogP contribution in [0.15, 0.2) is 0 Å². The minimum Gasteiger partial charge on any atom is -0.330 e. The molecule has 0 saturated heterocycles. The highest BCUT2D eigenvalue weighted by molar-refractivity contribution is 4.90. The summed E-state index contributed by atoms with van der Waals surface area (Å²) in [6.07, 6.45) is 8.12. The first-order valence-electron chi connectivity index (χ1n) is 5.68. The van der Waals surface area contributed by atoms with Gasteiger partial charge in [0.25, 0.3) is 0 Å². The van der Waals surface area contributed by atoms with E-state index in [0.29, 0.717) is 5.41 Å². The van der Waals surface area contributed by atoms with Gasteiger partial charge < -0.3 is 11.1 Å². The molecule has 2 heteroatoms. The fourth-order valence-electron chi connectivity index (χ4n) is 2.27. The van der Waals surface area contributed by atoms with E-state index < -0.39 is 0 Å². The van der Waals surface area contributed by atoms with E-state index in [9.17, 15) is 0 Å². The first kappa shape index (κ1) is 9.47. The fourth-order valence-corrected chi connectivity index (χ4v) is 2.27. The monoisotopic (exact) mass is 182 g/mol. The first-order valence-corrected chi connectivity index (χ1v) is 5.68. The van der Waals surface area contributed by atoms with E-state index in [1.165, 1.54) is 38.5 Å². The Balaban J connectivity index is 1.74. The van der Waals surface area contributed by atoms with Crippen molar-refractivity contribution in [3.05, 3.63) is 0 Å². The molecule has 0 spiro atoms. The molecule has 2 saturated carbocycles. The molecule has 0 unspecified atom stereocenters. The molecule has 2 nitrogen and oxygen atoms in total. The van der Waals surface area contributed by atoms with E-state index >= 15 is 0 Å². The van der Waals surface area contributed by atoms with Gasteiger partial charge in [0.15, 0.2) is 0 Å². The molecule has 3 N–H and O–H groups in total. The van der Waals surface area contributed by atoms with E-state index in [1.807, 2.05) is 0 Å². The Hall–Kier alpha value is -0.0800. The Morgan fingerprint density at radius 3 is 2.15 bits per heavy atom. The molecule has 0 radical (unpaired) electrons. The van der Waals surface area contributed by atoms with Gasteiger partial charge in [-0.3, -0.25) is 0 Å². The van der Waals surface area contributed by atoms with Crippen LogP contribution in [0.4, 0.5) is 0 Å². The number of nitrogens with one attached hydrogen (secondary N) is 1. The van der Waals surface area contributed by atoms with Crippen LogP contribution in [-0.4, -0.2) is 18.6 Å². The summed E-state index contributed by atoms with van der Waals surface area (Å²) >= 11 is 0. The minimum atomic E-state index is 0.446. The second kappa shape index (κ2) is 3.58. The number of rotatable bonds is 3. The summed E-state index contributed by atoms with van der Waals surface area (Å²) in [6, 6.07) is 1.67. The maximum Gasteiger partial charge on any atom is 0.00708 e. The van der Waals surface area contributed by atoms with Gasteiger partial charge in [-0.1, -0.05) is 6.92 Å². The zero-order valence-corrected chi connectivity index (χ0v) is 8.68. The van der Waals surface area contributed by atoms with Crippen molar-refractivity contribution < 1.29 is 0 Å². The smallest absolute Gasteiger partial charge is 0.00708 e. The molecule has 0 amide bonds. The Labute approximate surface area is 81.3 Å². The Kier molecular flexibility index (Phi) is 2.61. The van der Waals surface area contributed by atoms with E-state index in [4.69, 9.17) is 5.73 Å². The van der Waals surface area contributed by atoms with Crippen molar-refractivity contribution in [2.75, 3.05) is 6.54 Å². The summed E-state index contributed by atoms with van der Waals surface area (Å²) in [4.78, 5) is 0. The van der Waals surface area contributed by atoms with Crippen molar-refractivity contribution in [3.8, 4) is 0 Å². The zero-order chi connectivity index (χ0) is 9.31. The van der Waals surface area contributed by atoms with Gasteiger partial charge in [0, 0.05) is 12.1 Å². The zero-order valence-electron chi connectivity index (χ0n) is 8.68. The highest BCUT2D eigenvalue weighted by atomic mass is 15.0. The first-order chi connectivity index (χ1) is 6.22. The van der Waals surface area contributed by atoms with Gasteiger partial charge in [-0.25, -0.2) is 0 Å². The molecule has 0 aromatic carbocycles. The summed E-state index contributed by atoms with van der Waals surface area (Å²) in [5.74, 6) is 0. The number of hydrogen-bond acceptors (Lipinski definition) is 2. The third kappa shape index (κ3) is 2.44. The van der Waals surface area contributed by atoms with Crippen LogP contribution in [0.25, 0.3) is 0 Å². The maximum atomic E-state index is 5.78. The van der Waals surface area contributed by atoms with Crippen LogP contribution in [0.3, 0.4) is 0 Å². The molecular weight excluding hydrogens is 160 g/mol. The summed E-state index contributed by atoms with van der Waals surface area (Å²) in [6.45, 7) is 3.20. The van der Waals surface area contributed by atoms with Crippen LogP contribution in [0.5, 0.6) is 0 Å². The Morgan fingerprint density at radius 1 is 1.15 bits per heavy atom. The van der Waals surface area contributed by atoms with Crippen LogP contribution >= 0.6 is 0 Å². The van der Waals surface area contributed by atoms with Crippen molar-refractivity contribution in [1.82, 2.24) is 5.32 Å². The predicted molar refractivity (Wildman–Crippen MR) is 55.6 cm³/mol. The van der Waals surface area contributed by atoms with E-state index in [0.717, 1.165) is 18.6 Å². The Bertz CT molecular complexity index is 167. The van der Waals surface area contributed by atoms with Crippen molar-refractivity contribution in [2.24, 2.45) is 11.1 Å². The second-order valence-electron chi connectivity index (χ2n) is 5.23. The van der Waals surface area contributed by atoms with Crippen LogP contribution in [0.2, 0.25) is 0 Å². The highest BCUT2D eigenvalue weighted by Crippen LogP contribution is 2.35. The molecule has 0 bridgehead atoms. The van der Waals surface area contributed by atoms with E-state index in [1.54, 1.807) is 0 Å². The van der Waals surface area contributed by atoms with Gasteiger partial charge in [0.1, 0.15) is 0 Å². The normalized spacial score (nSPS) is 40.6. The summed E-state index contributed by atoms with van der Waals surface area (Å²) in [5.41, 5.74) is 6.22. The van der Waals surface area contributed by atoms with Crippen molar-refractivity contribution in [1.29, 1.82) is 0 Å². The van der Waals surface area contributed by atoms with Gasteiger partial charge >= 0.3 is 0 Å². The largest absolute Gasteiger partial charge is 0.330 e. The average molecular weight is 182 g/mol. The molecule has 0 atom stereocenters. The molecule has 0 aliphatic heterocycles. The summed E-state index contributed by atoms with van der Waals surface area (Å²) in [7, 11) is 0. The summed E-state index contributed by atoms with van der Waals surface area (Å²) in [5, 5.41) is 3.71. The van der Waals surface area contributed by atoms with Crippen LogP contribution in [-0.2, 0) is 0 Å². The Morgan fingerprint density at radius 2 is 1.69 bits per heavy atom. The SMILES string of the molecule is CC1(CN)CCC(NC2CC2)CC1. The lowest BCUT2D eigenvalue weighted by atomic mass is 9.74. The van der Waals surface area contributed by atoms with Gasteiger partial charge in [0.05, 0.1) is 0 Å². The fraction of sp³-hybridized carbons (Fsp3) is 1.00. The van der Waals surface area contributed by atoms with Crippen LogP contribution in [0.1, 0.15) is 45.4 Å². The molecule has 0 heterocycles. The molecule has 0 aromatic heterocycles. The quantitative estimate of drug-likeness (QED) is 0.696. The van der Waals surface area contributed by atoms with Gasteiger partial charge in [-0.15, -0.1) is 0 Å². The molecule has 0 aromatic rings. The standard InChI is InChI=1S/C11H22N2/c1-11(8-12)6-4-10(5-7-11)13-9-2-3-9/h9-10,13H,2-8,12H2,1H3. The average Bonchev–Trinajstić information content (AvgIpc) is 2.93. The van der Waals surface area contributed by atoms with E-state index in [2.05, 4.69) is 12.2 Å². The molecule has 2 aliphatic rings. The summed E-state index contributed by atoms with van der Waals surface area (Å²) < 4.78 is 0. The lowest BCUT2D eigenvalue weighted by Crippen LogP contribution is -2.40. The molecule has 76 valence electrons. The topological polar surface area (TPSA) is 38.0 Å². The third-order valence-electron chi connectivity index (χ3n) is 3.73. The van der Waals surface area contributed by atoms with E-state index in [-0.39, 0.29) is 0 Å². The van der Waals surface area contributed by atoms with Gasteiger partial charge in [0.2, 0.25) is 0 Å². The highest BCUT2D eigenvalue weighted by Gasteiger charge is 2.32. The van der Waals surface area contributed by atoms with Crippen LogP contribution < -0.4 is 11.1 Å². The third-order valence-corrected chi connectivity index (χ3v) is 3.73. The molecular formula is C11H22N2. The lowest BCUT2D eigenvalue weighted by Gasteiger charge is -2.36. The molecule has 2 rings (SSSR count). The number of nitrogens with two attached hydrogens (primary N) is 1. The molecule has 13 heavy (non-hydrogen) atoms. The van der Waals surface area contributed by atoms with Crippen LogP contribution in [0, 0.1) is 5.41 Å². The minimum absolute atomic E-state index is 0.446. The molecule has 2 fully saturated rings. The van der Waals surface area contributed by atoms with Crippen molar-refractivity contribution in [3.63, 3.8) is 0 Å². The van der Waals surface area contributed by atoms with Crippen molar-refractivity contribution in [2.45, 2.75) is 57.5 Å². The van der Waals surface area contributed by atoms with Gasteiger partial charge in [-0.05, 0) is 50.5 Å². The second-order valence-corrected chi connectivity index (χ2v) is 5.23. The molecule has 2 aliphatic carbocycles. The van der Waals surface area contributed by atoms with Crippen molar-refractivity contribution >= 4 is 0 Å². The maximum absolute atomic E-state index is 5.78. The lowest BCUT2D eigenvalue weighted by molar-refractivity contribution is 0.192. The predicted octanol–water partition coefficient (Wildman–Crippen LogP) is 1.65.